The smallest absolute Gasteiger partial charge is 0.106 e. The molecule has 0 aliphatic heterocycles. The molecule has 0 atom stereocenters. The Morgan fingerprint density at radius 1 is 1.38 bits per heavy atom. The van der Waals surface area contributed by atoms with E-state index in [-0.39, 0.29) is 0 Å². The fourth-order valence-corrected chi connectivity index (χ4v) is 2.40. The maximum absolute atomic E-state index is 6.06. The number of rotatable bonds is 5. The van der Waals surface area contributed by atoms with Crippen LogP contribution in [0.2, 0.25) is 0 Å². The summed E-state index contributed by atoms with van der Waals surface area (Å²) in [5.74, 6) is 0. The lowest BCUT2D eigenvalue weighted by atomic mass is 10.2. The maximum atomic E-state index is 6.06. The Morgan fingerprint density at radius 2 is 2.25 bits per heavy atom. The average molecular weight is 235 g/mol. The lowest BCUT2D eigenvalue weighted by molar-refractivity contribution is 0.744. The maximum Gasteiger partial charge on any atom is 0.106 e. The molecule has 1 aromatic carbocycles. The Morgan fingerprint density at radius 3 is 3.06 bits per heavy atom. The van der Waals surface area contributed by atoms with Gasteiger partial charge in [0.25, 0.3) is 0 Å². The Bertz CT molecular complexity index is 464. The normalized spacial score (nSPS) is 10.8. The monoisotopic (exact) mass is 235 g/mol. The number of nitrogen functional groups attached to an aromatic ring is 1. The zero-order valence-electron chi connectivity index (χ0n) is 9.49. The number of aromatic nitrogens is 1. The number of nitrogens with two attached hydrogens (primary N) is 1. The molecule has 0 fully saturated rings. The summed E-state index contributed by atoms with van der Waals surface area (Å²) in [4.78, 5) is 4.28. The molecule has 1 heterocycles. The van der Waals surface area contributed by atoms with Gasteiger partial charge in [-0.25, -0.2) is 4.98 Å². The van der Waals surface area contributed by atoms with E-state index >= 15 is 0 Å². The van der Waals surface area contributed by atoms with Crippen LogP contribution in [-0.2, 0) is 0 Å². The molecular formula is C12H17N3S. The van der Waals surface area contributed by atoms with Gasteiger partial charge in [0.2, 0.25) is 0 Å². The molecule has 0 aliphatic rings. The van der Waals surface area contributed by atoms with Crippen LogP contribution < -0.4 is 11.1 Å². The van der Waals surface area contributed by atoms with Gasteiger partial charge in [0.1, 0.15) is 5.52 Å². The fraction of sp³-hybridized carbons (Fsp3) is 0.417. The second-order valence-corrected chi connectivity index (χ2v) is 4.75. The zero-order valence-corrected chi connectivity index (χ0v) is 10.3. The van der Waals surface area contributed by atoms with E-state index in [0.29, 0.717) is 0 Å². The second-order valence-electron chi connectivity index (χ2n) is 3.86. The van der Waals surface area contributed by atoms with Crippen molar-refractivity contribution in [3.05, 3.63) is 17.6 Å². The van der Waals surface area contributed by atoms with Crippen LogP contribution in [0.4, 0.5) is 11.4 Å². The van der Waals surface area contributed by atoms with Gasteiger partial charge < -0.3 is 11.1 Å². The summed E-state index contributed by atoms with van der Waals surface area (Å²) >= 11 is 1.62. The molecule has 0 amide bonds. The number of nitrogens with one attached hydrogen (secondary N) is 1. The van der Waals surface area contributed by atoms with Crippen LogP contribution in [0.25, 0.3) is 10.2 Å². The van der Waals surface area contributed by atoms with E-state index in [4.69, 9.17) is 5.73 Å². The third kappa shape index (κ3) is 2.27. The van der Waals surface area contributed by atoms with E-state index in [1.54, 1.807) is 11.3 Å². The number of hydrogen-bond acceptors (Lipinski definition) is 4. The average Bonchev–Trinajstić information content (AvgIpc) is 2.76. The van der Waals surface area contributed by atoms with Gasteiger partial charge in [-0.3, -0.25) is 0 Å². The second kappa shape index (κ2) is 5.16. The molecule has 1 aromatic heterocycles. The van der Waals surface area contributed by atoms with Crippen LogP contribution in [0.5, 0.6) is 0 Å². The Hall–Kier alpha value is -1.29. The van der Waals surface area contributed by atoms with Crippen LogP contribution in [0.15, 0.2) is 17.6 Å². The molecule has 0 saturated carbocycles. The van der Waals surface area contributed by atoms with Gasteiger partial charge in [-0.2, -0.15) is 0 Å². The Kier molecular flexibility index (Phi) is 3.62. The minimum atomic E-state index is 0.773. The van der Waals surface area contributed by atoms with Gasteiger partial charge >= 0.3 is 0 Å². The first-order valence-electron chi connectivity index (χ1n) is 5.68. The molecule has 2 aromatic rings. The van der Waals surface area contributed by atoms with Crippen molar-refractivity contribution in [2.45, 2.75) is 26.2 Å². The van der Waals surface area contributed by atoms with Gasteiger partial charge in [-0.15, -0.1) is 11.3 Å². The van der Waals surface area contributed by atoms with Crippen molar-refractivity contribution in [1.82, 2.24) is 4.98 Å². The molecular weight excluding hydrogens is 218 g/mol. The summed E-state index contributed by atoms with van der Waals surface area (Å²) in [7, 11) is 0. The molecule has 16 heavy (non-hydrogen) atoms. The van der Waals surface area contributed by atoms with E-state index in [1.807, 2.05) is 11.6 Å². The Labute approximate surface area is 99.7 Å². The first kappa shape index (κ1) is 11.2. The molecule has 0 radical (unpaired) electrons. The van der Waals surface area contributed by atoms with E-state index in [0.717, 1.165) is 28.1 Å². The van der Waals surface area contributed by atoms with Gasteiger partial charge in [0, 0.05) is 6.54 Å². The highest BCUT2D eigenvalue weighted by molar-refractivity contribution is 7.16. The number of unbranched alkanes of at least 4 members (excludes halogenated alkanes) is 2. The standard InChI is InChI=1S/C12H17N3S/c1-2-3-4-7-14-9-5-6-10-12(11(9)13)15-8-16-10/h5-6,8,14H,2-4,7,13H2,1H3. The van der Waals surface area contributed by atoms with Crippen molar-refractivity contribution in [3.8, 4) is 0 Å². The molecule has 0 aliphatic carbocycles. The van der Waals surface area contributed by atoms with Crippen LogP contribution in [0.1, 0.15) is 26.2 Å². The number of thiazole rings is 1. The summed E-state index contributed by atoms with van der Waals surface area (Å²) in [5, 5.41) is 3.37. The van der Waals surface area contributed by atoms with Gasteiger partial charge in [-0.1, -0.05) is 19.8 Å². The molecule has 86 valence electrons. The molecule has 3 N–H and O–H groups in total. The molecule has 0 unspecified atom stereocenters. The molecule has 0 spiro atoms. The first-order valence-corrected chi connectivity index (χ1v) is 6.56. The Balaban J connectivity index is 2.09. The highest BCUT2D eigenvalue weighted by Gasteiger charge is 2.05. The van der Waals surface area contributed by atoms with Crippen LogP contribution in [-0.4, -0.2) is 11.5 Å². The van der Waals surface area contributed by atoms with Crippen molar-refractivity contribution >= 4 is 32.9 Å². The predicted octanol–water partition coefficient (Wildman–Crippen LogP) is 3.48. The SMILES string of the molecule is CCCCCNc1ccc2scnc2c1N. The summed E-state index contributed by atoms with van der Waals surface area (Å²) in [5.41, 5.74) is 10.6. The number of nitrogens with zero attached hydrogens (tertiary/aromatic N) is 1. The largest absolute Gasteiger partial charge is 0.395 e. The third-order valence-electron chi connectivity index (χ3n) is 2.64. The zero-order chi connectivity index (χ0) is 11.4. The lowest BCUT2D eigenvalue weighted by Crippen LogP contribution is -2.04. The van der Waals surface area contributed by atoms with Crippen molar-refractivity contribution in [3.63, 3.8) is 0 Å². The molecule has 0 saturated heterocycles. The van der Waals surface area contributed by atoms with Gasteiger partial charge in [0.15, 0.2) is 0 Å². The third-order valence-corrected chi connectivity index (χ3v) is 3.43. The van der Waals surface area contributed by atoms with Crippen LogP contribution >= 0.6 is 11.3 Å². The number of benzene rings is 1. The lowest BCUT2D eigenvalue weighted by Gasteiger charge is -2.09. The summed E-state index contributed by atoms with van der Waals surface area (Å²) in [6, 6.07) is 4.12. The summed E-state index contributed by atoms with van der Waals surface area (Å²) in [6.07, 6.45) is 3.68. The molecule has 0 bridgehead atoms. The van der Waals surface area contributed by atoms with Gasteiger partial charge in [-0.05, 0) is 18.6 Å². The number of anilines is 2. The van der Waals surface area contributed by atoms with Crippen LogP contribution in [0, 0.1) is 0 Å². The molecule has 2 rings (SSSR count). The summed E-state index contributed by atoms with van der Waals surface area (Å²) in [6.45, 7) is 3.18. The van der Waals surface area contributed by atoms with E-state index < -0.39 is 0 Å². The predicted molar refractivity (Wildman–Crippen MR) is 72.0 cm³/mol. The van der Waals surface area contributed by atoms with Crippen molar-refractivity contribution in [2.75, 3.05) is 17.6 Å². The topological polar surface area (TPSA) is 50.9 Å². The quantitative estimate of drug-likeness (QED) is 0.616. The highest BCUT2D eigenvalue weighted by Crippen LogP contribution is 2.29. The molecule has 3 nitrogen and oxygen atoms in total. The molecule has 4 heteroatoms. The van der Waals surface area contributed by atoms with Gasteiger partial charge in [0.05, 0.1) is 21.6 Å². The number of hydrogen-bond donors (Lipinski definition) is 2. The highest BCUT2D eigenvalue weighted by atomic mass is 32.1. The first-order chi connectivity index (χ1) is 7.83. The van der Waals surface area contributed by atoms with Crippen molar-refractivity contribution in [1.29, 1.82) is 0 Å². The van der Waals surface area contributed by atoms with E-state index in [1.165, 1.54) is 19.3 Å². The number of fused-ring (bicyclic) bond motifs is 1. The van der Waals surface area contributed by atoms with Crippen molar-refractivity contribution in [2.24, 2.45) is 0 Å². The minimum absolute atomic E-state index is 0.773. The minimum Gasteiger partial charge on any atom is -0.395 e. The van der Waals surface area contributed by atoms with Crippen LogP contribution in [0.3, 0.4) is 0 Å². The van der Waals surface area contributed by atoms with E-state index in [2.05, 4.69) is 23.3 Å². The fourth-order valence-electron chi connectivity index (χ4n) is 1.70. The van der Waals surface area contributed by atoms with E-state index in [9.17, 15) is 0 Å². The van der Waals surface area contributed by atoms with Crippen molar-refractivity contribution < 1.29 is 0 Å². The summed E-state index contributed by atoms with van der Waals surface area (Å²) < 4.78 is 1.15.